The Morgan fingerprint density at radius 3 is 2.68 bits per heavy atom. The minimum atomic E-state index is -0.164. The largest absolute Gasteiger partial charge is 0.398 e. The second kappa shape index (κ2) is 6.26. The zero-order valence-electron chi connectivity index (χ0n) is 10.7. The number of benzene rings is 1. The Morgan fingerprint density at radius 1 is 1.37 bits per heavy atom. The smallest absolute Gasteiger partial charge is 0.251 e. The zero-order valence-corrected chi connectivity index (χ0v) is 11.5. The van der Waals surface area contributed by atoms with E-state index in [9.17, 15) is 9.90 Å². The van der Waals surface area contributed by atoms with Crippen LogP contribution in [-0.4, -0.2) is 23.7 Å². The first-order chi connectivity index (χ1) is 9.06. The molecular weight excluding hydrogens is 264 g/mol. The standard InChI is InChI=1S/C14H19ClN2O2/c15-12-6-3-10(7-13(12)16)14(19)17-8-9-1-4-11(18)5-2-9/h3,6-7,9,11,18H,1-2,4-5,8,16H2,(H,17,19). The van der Waals surface area contributed by atoms with Crippen LogP contribution in [0.15, 0.2) is 18.2 Å². The molecule has 0 bridgehead atoms. The van der Waals surface area contributed by atoms with Crippen molar-refractivity contribution < 1.29 is 9.90 Å². The number of nitrogens with one attached hydrogen (secondary N) is 1. The molecule has 0 aromatic heterocycles. The fourth-order valence-electron chi connectivity index (χ4n) is 2.37. The van der Waals surface area contributed by atoms with Gasteiger partial charge in [-0.15, -0.1) is 0 Å². The lowest BCUT2D eigenvalue weighted by molar-refractivity contribution is 0.0910. The fraction of sp³-hybridized carbons (Fsp3) is 0.500. The summed E-state index contributed by atoms with van der Waals surface area (Å²) in [6.07, 6.45) is 3.42. The Bertz CT molecular complexity index is 457. The third kappa shape index (κ3) is 3.85. The van der Waals surface area contributed by atoms with E-state index in [4.69, 9.17) is 17.3 Å². The van der Waals surface area contributed by atoms with Gasteiger partial charge in [-0.1, -0.05) is 11.6 Å². The van der Waals surface area contributed by atoms with E-state index < -0.39 is 0 Å². The Balaban J connectivity index is 1.85. The average molecular weight is 283 g/mol. The van der Waals surface area contributed by atoms with Gasteiger partial charge in [-0.2, -0.15) is 0 Å². The number of rotatable bonds is 3. The van der Waals surface area contributed by atoms with E-state index in [-0.39, 0.29) is 12.0 Å². The predicted octanol–water partition coefficient (Wildman–Crippen LogP) is 2.20. The highest BCUT2D eigenvalue weighted by Crippen LogP contribution is 2.24. The summed E-state index contributed by atoms with van der Waals surface area (Å²) in [5.74, 6) is 0.325. The molecule has 0 radical (unpaired) electrons. The molecule has 0 spiro atoms. The van der Waals surface area contributed by atoms with Crippen LogP contribution in [0.5, 0.6) is 0 Å². The highest BCUT2D eigenvalue weighted by molar-refractivity contribution is 6.33. The SMILES string of the molecule is Nc1cc(C(=O)NCC2CCC(O)CC2)ccc1Cl. The first kappa shape index (κ1) is 14.2. The third-order valence-corrected chi connectivity index (χ3v) is 3.97. The number of aliphatic hydroxyl groups is 1. The minimum absolute atomic E-state index is 0.130. The summed E-state index contributed by atoms with van der Waals surface area (Å²) >= 11 is 5.82. The van der Waals surface area contributed by atoms with Crippen LogP contribution in [0.25, 0.3) is 0 Å². The van der Waals surface area contributed by atoms with E-state index in [1.165, 1.54) is 0 Å². The summed E-state index contributed by atoms with van der Waals surface area (Å²) in [6.45, 7) is 0.647. The highest BCUT2D eigenvalue weighted by Gasteiger charge is 2.20. The summed E-state index contributed by atoms with van der Waals surface area (Å²) in [4.78, 5) is 12.0. The molecule has 104 valence electrons. The molecule has 5 heteroatoms. The number of amides is 1. The number of aliphatic hydroxyl groups excluding tert-OH is 1. The second-order valence-electron chi connectivity index (χ2n) is 5.12. The molecule has 4 nitrogen and oxygen atoms in total. The van der Waals surface area contributed by atoms with E-state index in [1.807, 2.05) is 0 Å². The van der Waals surface area contributed by atoms with Crippen molar-refractivity contribution in [3.8, 4) is 0 Å². The molecule has 0 aliphatic heterocycles. The molecule has 0 unspecified atom stereocenters. The van der Waals surface area contributed by atoms with Gasteiger partial charge in [-0.05, 0) is 49.8 Å². The lowest BCUT2D eigenvalue weighted by Gasteiger charge is -2.25. The summed E-state index contributed by atoms with van der Waals surface area (Å²) in [6, 6.07) is 4.88. The molecule has 1 aliphatic rings. The van der Waals surface area contributed by atoms with Gasteiger partial charge in [0.05, 0.1) is 16.8 Å². The van der Waals surface area contributed by atoms with Gasteiger partial charge >= 0.3 is 0 Å². The van der Waals surface area contributed by atoms with E-state index in [0.717, 1.165) is 25.7 Å². The average Bonchev–Trinajstić information content (AvgIpc) is 2.41. The van der Waals surface area contributed by atoms with Crippen LogP contribution in [0.4, 0.5) is 5.69 Å². The first-order valence-corrected chi connectivity index (χ1v) is 6.95. The molecule has 0 heterocycles. The Kier molecular flexibility index (Phi) is 4.66. The monoisotopic (exact) mass is 282 g/mol. The molecule has 0 atom stereocenters. The predicted molar refractivity (Wildman–Crippen MR) is 76.2 cm³/mol. The summed E-state index contributed by atoms with van der Waals surface area (Å²) in [5, 5.41) is 12.8. The maximum atomic E-state index is 12.0. The molecule has 4 N–H and O–H groups in total. The number of carbonyl (C=O) groups is 1. The molecule has 0 saturated heterocycles. The van der Waals surface area contributed by atoms with Crippen LogP contribution in [-0.2, 0) is 0 Å². The van der Waals surface area contributed by atoms with Gasteiger partial charge in [-0.25, -0.2) is 0 Å². The molecular formula is C14H19ClN2O2. The lowest BCUT2D eigenvalue weighted by atomic mass is 9.87. The van der Waals surface area contributed by atoms with Crippen LogP contribution in [0.2, 0.25) is 5.02 Å². The normalized spacial score (nSPS) is 23.1. The minimum Gasteiger partial charge on any atom is -0.398 e. The molecule has 1 aromatic carbocycles. The summed E-state index contributed by atoms with van der Waals surface area (Å²) < 4.78 is 0. The maximum Gasteiger partial charge on any atom is 0.251 e. The van der Waals surface area contributed by atoms with Gasteiger partial charge in [0.2, 0.25) is 0 Å². The first-order valence-electron chi connectivity index (χ1n) is 6.57. The van der Waals surface area contributed by atoms with Gasteiger partial charge in [0.25, 0.3) is 5.91 Å². The number of halogens is 1. The maximum absolute atomic E-state index is 12.0. The van der Waals surface area contributed by atoms with Gasteiger partial charge in [0.1, 0.15) is 0 Å². The van der Waals surface area contributed by atoms with Crippen molar-refractivity contribution in [1.29, 1.82) is 0 Å². The van der Waals surface area contributed by atoms with Crippen molar-refractivity contribution in [2.45, 2.75) is 31.8 Å². The molecule has 1 saturated carbocycles. The van der Waals surface area contributed by atoms with Crippen molar-refractivity contribution in [1.82, 2.24) is 5.32 Å². The number of hydrogen-bond donors (Lipinski definition) is 3. The van der Waals surface area contributed by atoms with E-state index in [2.05, 4.69) is 5.32 Å². The van der Waals surface area contributed by atoms with Gasteiger partial charge in [0.15, 0.2) is 0 Å². The van der Waals surface area contributed by atoms with Crippen molar-refractivity contribution in [3.63, 3.8) is 0 Å². The van der Waals surface area contributed by atoms with Crippen molar-refractivity contribution in [3.05, 3.63) is 28.8 Å². The Labute approximate surface area is 117 Å². The summed E-state index contributed by atoms with van der Waals surface area (Å²) in [5.41, 5.74) is 6.61. The second-order valence-corrected chi connectivity index (χ2v) is 5.53. The van der Waals surface area contributed by atoms with E-state index in [1.54, 1.807) is 18.2 Å². The topological polar surface area (TPSA) is 75.4 Å². The van der Waals surface area contributed by atoms with Crippen molar-refractivity contribution >= 4 is 23.2 Å². The van der Waals surface area contributed by atoms with Crippen LogP contribution >= 0.6 is 11.6 Å². The number of anilines is 1. The van der Waals surface area contributed by atoms with Crippen LogP contribution in [0.1, 0.15) is 36.0 Å². The van der Waals surface area contributed by atoms with Crippen LogP contribution in [0, 0.1) is 5.92 Å². The number of nitrogen functional groups attached to an aromatic ring is 1. The van der Waals surface area contributed by atoms with Gasteiger partial charge in [0, 0.05) is 12.1 Å². The van der Waals surface area contributed by atoms with Crippen LogP contribution in [0.3, 0.4) is 0 Å². The van der Waals surface area contributed by atoms with Crippen molar-refractivity contribution in [2.24, 2.45) is 5.92 Å². The molecule has 1 aromatic rings. The van der Waals surface area contributed by atoms with Crippen LogP contribution < -0.4 is 11.1 Å². The van der Waals surface area contributed by atoms with E-state index >= 15 is 0 Å². The number of nitrogens with two attached hydrogens (primary N) is 1. The Morgan fingerprint density at radius 2 is 2.05 bits per heavy atom. The molecule has 1 amide bonds. The number of carbonyl (C=O) groups excluding carboxylic acids is 1. The molecule has 1 aliphatic carbocycles. The zero-order chi connectivity index (χ0) is 13.8. The number of hydrogen-bond acceptors (Lipinski definition) is 3. The molecule has 19 heavy (non-hydrogen) atoms. The quantitative estimate of drug-likeness (QED) is 0.744. The third-order valence-electron chi connectivity index (χ3n) is 3.63. The lowest BCUT2D eigenvalue weighted by Crippen LogP contribution is -2.32. The Hall–Kier alpha value is -1.26. The van der Waals surface area contributed by atoms with Gasteiger partial charge < -0.3 is 16.2 Å². The molecule has 1 fully saturated rings. The van der Waals surface area contributed by atoms with E-state index in [0.29, 0.717) is 28.7 Å². The van der Waals surface area contributed by atoms with Crippen molar-refractivity contribution in [2.75, 3.05) is 12.3 Å². The summed E-state index contributed by atoms with van der Waals surface area (Å²) in [7, 11) is 0. The van der Waals surface area contributed by atoms with Gasteiger partial charge in [-0.3, -0.25) is 4.79 Å². The highest BCUT2D eigenvalue weighted by atomic mass is 35.5. The fourth-order valence-corrected chi connectivity index (χ4v) is 2.49. The molecule has 2 rings (SSSR count).